The van der Waals surface area contributed by atoms with E-state index in [4.69, 9.17) is 0 Å². The monoisotopic (exact) mass is 561 g/mol. The molecule has 0 radical (unpaired) electrons. The molecule has 0 bridgehead atoms. The maximum absolute atomic E-state index is 13.1. The molecule has 4 aromatic rings. The standard InChI is InChI=1S/C26H30F3N7O2S/c1-30-23-32-21(18-11-17(12-26(27,28)29)39-22(18)33-23)35-7-5-25(15-35)4-6-34(14-25)13-16-2-3-20-19(10-16)31-24(38)36(20)8-9-37/h2-3,10-11,37H,4-9,12-15H2,1H3,(H,31,38)(H,30,32,33). The third kappa shape index (κ3) is 5.10. The largest absolute Gasteiger partial charge is 0.395 e. The maximum Gasteiger partial charge on any atom is 0.393 e. The number of H-pyrrole nitrogens is 1. The van der Waals surface area contributed by atoms with E-state index in [1.54, 1.807) is 17.7 Å². The maximum atomic E-state index is 13.1. The number of aromatic nitrogens is 4. The molecule has 2 fully saturated rings. The van der Waals surface area contributed by atoms with Gasteiger partial charge in [-0.3, -0.25) is 9.47 Å². The lowest BCUT2D eigenvalue weighted by atomic mass is 9.86. The van der Waals surface area contributed by atoms with Crippen molar-refractivity contribution in [1.82, 2.24) is 24.4 Å². The van der Waals surface area contributed by atoms with Crippen molar-refractivity contribution >= 4 is 44.4 Å². The summed E-state index contributed by atoms with van der Waals surface area (Å²) in [6, 6.07) is 7.56. The number of anilines is 2. The van der Waals surface area contributed by atoms with Crippen molar-refractivity contribution in [2.24, 2.45) is 5.41 Å². The number of nitrogens with one attached hydrogen (secondary N) is 2. The number of nitrogens with zero attached hydrogens (tertiary/aromatic N) is 5. The molecule has 5 heterocycles. The summed E-state index contributed by atoms with van der Waals surface area (Å²) in [5.41, 5.74) is 2.52. The summed E-state index contributed by atoms with van der Waals surface area (Å²) in [5.74, 6) is 1.11. The molecule has 0 saturated carbocycles. The van der Waals surface area contributed by atoms with E-state index in [-0.39, 0.29) is 29.1 Å². The van der Waals surface area contributed by atoms with E-state index < -0.39 is 12.6 Å². The zero-order valence-corrected chi connectivity index (χ0v) is 22.3. The Kier molecular flexibility index (Phi) is 6.55. The third-order valence-corrected chi connectivity index (χ3v) is 8.87. The Bertz CT molecular complexity index is 1580. The molecule has 0 aliphatic carbocycles. The first kappa shape index (κ1) is 26.1. The number of imidazole rings is 1. The summed E-state index contributed by atoms with van der Waals surface area (Å²) in [6.45, 7) is 4.37. The molecule has 9 nitrogen and oxygen atoms in total. The van der Waals surface area contributed by atoms with Crippen LogP contribution in [0.4, 0.5) is 24.9 Å². The predicted molar refractivity (Wildman–Crippen MR) is 146 cm³/mol. The SMILES string of the molecule is CNc1nc(N2CCC3(CCN(Cc4ccc5c(c4)[nH]c(=O)n5CCO)C3)C2)c2cc(CC(F)(F)F)sc2n1. The Morgan fingerprint density at radius 1 is 1.18 bits per heavy atom. The highest BCUT2D eigenvalue weighted by atomic mass is 32.1. The number of thiophene rings is 1. The highest BCUT2D eigenvalue weighted by molar-refractivity contribution is 7.18. The van der Waals surface area contributed by atoms with E-state index in [0.29, 0.717) is 22.0 Å². The van der Waals surface area contributed by atoms with Crippen LogP contribution in [-0.4, -0.2) is 75.5 Å². The molecule has 2 aliphatic rings. The van der Waals surface area contributed by atoms with Gasteiger partial charge < -0.3 is 20.3 Å². The van der Waals surface area contributed by atoms with E-state index in [2.05, 4.69) is 30.1 Å². The highest BCUT2D eigenvalue weighted by Gasteiger charge is 2.44. The number of aliphatic hydroxyl groups excluding tert-OH is 1. The van der Waals surface area contributed by atoms with Crippen molar-refractivity contribution in [2.75, 3.05) is 50.1 Å². The fourth-order valence-corrected chi connectivity index (χ4v) is 7.15. The average molecular weight is 562 g/mol. The van der Waals surface area contributed by atoms with Crippen LogP contribution in [0, 0.1) is 5.41 Å². The first-order chi connectivity index (χ1) is 18.6. The van der Waals surface area contributed by atoms with Gasteiger partial charge in [0.15, 0.2) is 0 Å². The van der Waals surface area contributed by atoms with E-state index in [1.807, 2.05) is 18.2 Å². The number of hydrogen-bond donors (Lipinski definition) is 3. The second-order valence-electron chi connectivity index (χ2n) is 10.6. The minimum absolute atomic E-state index is 0.0881. The lowest BCUT2D eigenvalue weighted by Crippen LogP contribution is -2.31. The number of rotatable bonds is 7. The normalized spacial score (nSPS) is 20.3. The number of likely N-dealkylation sites (tertiary alicyclic amines) is 1. The van der Waals surface area contributed by atoms with Gasteiger partial charge in [0.25, 0.3) is 0 Å². The zero-order chi connectivity index (χ0) is 27.4. The molecule has 2 aliphatic heterocycles. The van der Waals surface area contributed by atoms with Gasteiger partial charge in [-0.05, 0) is 43.1 Å². The first-order valence-corrected chi connectivity index (χ1v) is 13.8. The van der Waals surface area contributed by atoms with Crippen LogP contribution in [0.1, 0.15) is 23.3 Å². The molecule has 13 heteroatoms. The van der Waals surface area contributed by atoms with Crippen LogP contribution in [0.15, 0.2) is 29.1 Å². The van der Waals surface area contributed by atoms with Gasteiger partial charge in [0.1, 0.15) is 10.6 Å². The minimum Gasteiger partial charge on any atom is -0.395 e. The van der Waals surface area contributed by atoms with E-state index in [1.165, 1.54) is 0 Å². The number of fused-ring (bicyclic) bond motifs is 2. The lowest BCUT2D eigenvalue weighted by molar-refractivity contribution is -0.126. The summed E-state index contributed by atoms with van der Waals surface area (Å²) in [4.78, 5) is 29.6. The molecule has 2 saturated heterocycles. The van der Waals surface area contributed by atoms with Crippen LogP contribution in [-0.2, 0) is 19.5 Å². The molecule has 1 spiro atoms. The molecule has 1 aromatic carbocycles. The molecule has 39 heavy (non-hydrogen) atoms. The van der Waals surface area contributed by atoms with Gasteiger partial charge in [-0.2, -0.15) is 18.2 Å². The summed E-state index contributed by atoms with van der Waals surface area (Å²) < 4.78 is 40.7. The van der Waals surface area contributed by atoms with E-state index in [9.17, 15) is 23.1 Å². The second kappa shape index (κ2) is 9.79. The Balaban J connectivity index is 1.19. The molecule has 3 N–H and O–H groups in total. The quantitative estimate of drug-likeness (QED) is 0.317. The van der Waals surface area contributed by atoms with Gasteiger partial charge >= 0.3 is 11.9 Å². The molecular formula is C26H30F3N7O2S. The number of alkyl halides is 3. The Morgan fingerprint density at radius 3 is 2.77 bits per heavy atom. The van der Waals surface area contributed by atoms with Crippen molar-refractivity contribution in [3.8, 4) is 0 Å². The van der Waals surface area contributed by atoms with Gasteiger partial charge in [-0.25, -0.2) is 9.78 Å². The summed E-state index contributed by atoms with van der Waals surface area (Å²) in [5, 5.41) is 12.9. The van der Waals surface area contributed by atoms with Crippen LogP contribution < -0.4 is 15.9 Å². The molecular weight excluding hydrogens is 531 g/mol. The van der Waals surface area contributed by atoms with E-state index >= 15 is 0 Å². The summed E-state index contributed by atoms with van der Waals surface area (Å²) in [6.07, 6.45) is -3.22. The smallest absolute Gasteiger partial charge is 0.393 e. The topological polar surface area (TPSA) is 102 Å². The number of hydrogen-bond acceptors (Lipinski definition) is 8. The van der Waals surface area contributed by atoms with Crippen molar-refractivity contribution in [3.63, 3.8) is 0 Å². The Hall–Kier alpha value is -3.16. The second-order valence-corrected chi connectivity index (χ2v) is 11.7. The van der Waals surface area contributed by atoms with Gasteiger partial charge in [-0.15, -0.1) is 11.3 Å². The van der Waals surface area contributed by atoms with Gasteiger partial charge in [0.2, 0.25) is 5.95 Å². The lowest BCUT2D eigenvalue weighted by Gasteiger charge is -2.25. The average Bonchev–Trinajstić information content (AvgIpc) is 3.64. The number of benzene rings is 1. The molecule has 0 amide bonds. The molecule has 208 valence electrons. The van der Waals surface area contributed by atoms with Crippen molar-refractivity contribution < 1.29 is 18.3 Å². The summed E-state index contributed by atoms with van der Waals surface area (Å²) >= 11 is 1.08. The fourth-order valence-electron chi connectivity index (χ4n) is 6.09. The number of halogens is 3. The van der Waals surface area contributed by atoms with Crippen molar-refractivity contribution in [2.45, 2.75) is 38.5 Å². The van der Waals surface area contributed by atoms with Crippen LogP contribution >= 0.6 is 11.3 Å². The van der Waals surface area contributed by atoms with Crippen LogP contribution in [0.3, 0.4) is 0 Å². The molecule has 6 rings (SSSR count). The molecule has 1 unspecified atom stereocenters. The predicted octanol–water partition coefficient (Wildman–Crippen LogP) is 3.58. The fraction of sp³-hybridized carbons (Fsp3) is 0.500. The zero-order valence-electron chi connectivity index (χ0n) is 21.5. The Labute approximate surface area is 226 Å². The van der Waals surface area contributed by atoms with Crippen molar-refractivity contribution in [1.29, 1.82) is 0 Å². The van der Waals surface area contributed by atoms with Gasteiger partial charge in [0.05, 0.1) is 36.0 Å². The van der Waals surface area contributed by atoms with Crippen LogP contribution in [0.5, 0.6) is 0 Å². The Morgan fingerprint density at radius 2 is 2.00 bits per heavy atom. The molecule has 1 atom stereocenters. The van der Waals surface area contributed by atoms with E-state index in [0.717, 1.165) is 73.5 Å². The van der Waals surface area contributed by atoms with Crippen molar-refractivity contribution in [3.05, 3.63) is 45.2 Å². The van der Waals surface area contributed by atoms with Crippen LogP contribution in [0.2, 0.25) is 0 Å². The summed E-state index contributed by atoms with van der Waals surface area (Å²) in [7, 11) is 1.71. The molecule has 3 aromatic heterocycles. The van der Waals surface area contributed by atoms with Gasteiger partial charge in [0, 0.05) is 43.5 Å². The highest BCUT2D eigenvalue weighted by Crippen LogP contribution is 2.43. The number of aromatic amines is 1. The third-order valence-electron chi connectivity index (χ3n) is 7.85. The minimum atomic E-state index is -4.27. The van der Waals surface area contributed by atoms with Crippen LogP contribution in [0.25, 0.3) is 21.3 Å². The van der Waals surface area contributed by atoms with Gasteiger partial charge in [-0.1, -0.05) is 6.07 Å². The number of aliphatic hydroxyl groups is 1. The first-order valence-electron chi connectivity index (χ1n) is 13.0.